The molecule has 2 aromatic carbocycles. The first-order valence-electron chi connectivity index (χ1n) is 15.1. The lowest BCUT2D eigenvalue weighted by atomic mass is 10.1. The van der Waals surface area contributed by atoms with Crippen molar-refractivity contribution in [3.8, 4) is 11.8 Å². The number of ether oxygens (including phenoxy) is 1. The summed E-state index contributed by atoms with van der Waals surface area (Å²) in [6.07, 6.45) is -0.0278. The zero-order valence-electron chi connectivity index (χ0n) is 29.2. The minimum Gasteiger partial charge on any atom is -0.492 e. The van der Waals surface area contributed by atoms with Crippen LogP contribution in [-0.2, 0) is 4.79 Å². The number of anilines is 3. The topological polar surface area (TPSA) is 90.3 Å². The van der Waals surface area contributed by atoms with Gasteiger partial charge in [-0.15, -0.1) is 0 Å². The number of fused-ring (bicyclic) bond motifs is 1. The third-order valence-corrected chi connectivity index (χ3v) is 4.11. The maximum Gasteiger partial charge on any atom is 0.248 e. The molecule has 3 aromatic rings. The van der Waals surface area contributed by atoms with Crippen LogP contribution in [0, 0.1) is 17.1 Å². The molecule has 0 saturated heterocycles. The van der Waals surface area contributed by atoms with E-state index < -0.39 is 106 Å². The van der Waals surface area contributed by atoms with Gasteiger partial charge in [0.25, 0.3) is 0 Å². The molecule has 7 nitrogen and oxygen atoms in total. The Bertz CT molecular complexity index is 1760. The van der Waals surface area contributed by atoms with E-state index in [2.05, 4.69) is 15.6 Å². The number of rotatable bonds is 8. The van der Waals surface area contributed by atoms with Crippen molar-refractivity contribution in [3.63, 3.8) is 0 Å². The van der Waals surface area contributed by atoms with Crippen molar-refractivity contribution in [2.45, 2.75) is 6.85 Å². The number of halogens is 2. The molecule has 1 aromatic heterocycles. The van der Waals surface area contributed by atoms with E-state index >= 15 is 0 Å². The molecule has 3 rings (SSSR count). The van der Waals surface area contributed by atoms with Gasteiger partial charge >= 0.3 is 0 Å². The van der Waals surface area contributed by atoms with Gasteiger partial charge < -0.3 is 20.3 Å². The van der Waals surface area contributed by atoms with Crippen LogP contribution in [-0.4, -0.2) is 43.0 Å². The third-order valence-electron chi connectivity index (χ3n) is 3.85. The van der Waals surface area contributed by atoms with Crippen LogP contribution < -0.4 is 15.4 Å². The Balaban J connectivity index is 2.47. The van der Waals surface area contributed by atoms with Crippen molar-refractivity contribution in [2.24, 2.45) is 0 Å². The molecule has 0 bridgehead atoms. The van der Waals surface area contributed by atoms with Crippen molar-refractivity contribution < 1.29 is 30.4 Å². The Kier molecular flexibility index (Phi) is 4.09. The molecule has 33 heavy (non-hydrogen) atoms. The predicted molar refractivity (Wildman–Crippen MR) is 129 cm³/mol. The van der Waals surface area contributed by atoms with Crippen LogP contribution in [0.5, 0.6) is 5.75 Å². The van der Waals surface area contributed by atoms with Crippen LogP contribution in [0.1, 0.15) is 28.9 Å². The van der Waals surface area contributed by atoms with Crippen LogP contribution in [0.15, 0.2) is 48.5 Å². The zero-order chi connectivity index (χ0) is 34.3. The summed E-state index contributed by atoms with van der Waals surface area (Å²) >= 11 is 5.82. The molecule has 170 valence electrons. The fraction of sp³-hybridized carbons (Fsp3) is 0.208. The van der Waals surface area contributed by atoms with Crippen molar-refractivity contribution in [1.82, 2.24) is 9.88 Å². The highest BCUT2D eigenvalue weighted by atomic mass is 35.5. The van der Waals surface area contributed by atoms with Crippen LogP contribution in [0.25, 0.3) is 10.9 Å². The van der Waals surface area contributed by atoms with E-state index in [9.17, 15) is 14.4 Å². The second-order valence-corrected chi connectivity index (χ2v) is 6.92. The quantitative estimate of drug-likeness (QED) is 0.437. The number of amides is 1. The number of aromatic nitrogens is 1. The number of carbonyl (C=O) groups excluding carboxylic acids is 1. The van der Waals surface area contributed by atoms with E-state index in [-0.39, 0.29) is 12.6 Å². The molecule has 0 radical (unpaired) electrons. The smallest absolute Gasteiger partial charge is 0.248 e. The van der Waals surface area contributed by atoms with Crippen molar-refractivity contribution in [3.05, 3.63) is 64.9 Å². The van der Waals surface area contributed by atoms with E-state index in [0.717, 1.165) is 6.08 Å². The van der Waals surface area contributed by atoms with Gasteiger partial charge in [0.15, 0.2) is 0 Å². The summed E-state index contributed by atoms with van der Waals surface area (Å²) in [6.45, 7) is -6.92. The summed E-state index contributed by atoms with van der Waals surface area (Å²) < 4.78 is 116. The van der Waals surface area contributed by atoms with E-state index in [1.165, 1.54) is 0 Å². The average molecular weight is 480 g/mol. The number of likely N-dealkylation sites (N-methyl/N-ethyl adjacent to an activating group) is 1. The molecule has 0 aliphatic rings. The summed E-state index contributed by atoms with van der Waals surface area (Å²) in [5.74, 6) is -3.43. The average Bonchev–Trinajstić information content (AvgIpc) is 2.92. The highest BCUT2D eigenvalue weighted by Crippen LogP contribution is 2.36. The lowest BCUT2D eigenvalue weighted by Gasteiger charge is -2.16. The Morgan fingerprint density at radius 1 is 1.48 bits per heavy atom. The number of nitrogens with zero attached hydrogens (tertiary/aromatic N) is 3. The van der Waals surface area contributed by atoms with E-state index in [1.807, 2.05) is 0 Å². The number of nitriles is 1. The van der Waals surface area contributed by atoms with E-state index in [4.69, 9.17) is 32.8 Å². The van der Waals surface area contributed by atoms with Crippen LogP contribution in [0.4, 0.5) is 21.5 Å². The highest BCUT2D eigenvalue weighted by Gasteiger charge is 2.15. The molecule has 0 atom stereocenters. The third kappa shape index (κ3) is 5.98. The fourth-order valence-corrected chi connectivity index (χ4v) is 2.63. The molecule has 2 N–H and O–H groups in total. The Morgan fingerprint density at radius 2 is 2.30 bits per heavy atom. The molecule has 0 aliphatic heterocycles. The monoisotopic (exact) mass is 479 g/mol. The van der Waals surface area contributed by atoms with Gasteiger partial charge in [-0.25, -0.2) is 4.39 Å². The molecule has 1 heterocycles. The number of carbonyl (C=O) groups is 1. The van der Waals surface area contributed by atoms with Crippen molar-refractivity contribution in [2.75, 3.05) is 37.8 Å². The number of hydrogen-bond donors (Lipinski definition) is 2. The lowest BCUT2D eigenvalue weighted by Crippen LogP contribution is -2.13. The molecule has 1 amide bonds. The molecule has 0 saturated carbocycles. The van der Waals surface area contributed by atoms with Gasteiger partial charge in [0.1, 0.15) is 17.6 Å². The van der Waals surface area contributed by atoms with E-state index in [1.54, 1.807) is 25.1 Å². The number of nitrogens with one attached hydrogen (secondary N) is 2. The minimum absolute atomic E-state index is 0.00640. The normalized spacial score (nSPS) is 17.4. The SMILES string of the molecule is [2H]/C(=C\C(=O)Nc1c(OC([2H])([2H])C([2H])([2H])[2H])c([2H])c2nc([2H])c(C#N)c(Nc3c([2H])c([2H])c(F)c(Cl)c3[2H])c2c1[2H])CN(C)C. The maximum absolute atomic E-state index is 14.3. The van der Waals surface area contributed by atoms with Gasteiger partial charge in [-0.3, -0.25) is 9.78 Å². The van der Waals surface area contributed by atoms with Crippen molar-refractivity contribution in [1.29, 1.82) is 5.26 Å². The Morgan fingerprint density at radius 3 is 3.03 bits per heavy atom. The van der Waals surface area contributed by atoms with Crippen molar-refractivity contribution >= 4 is 45.5 Å². The molecule has 0 aliphatic carbocycles. The van der Waals surface area contributed by atoms with Gasteiger partial charge in [-0.05, 0) is 45.1 Å². The second kappa shape index (κ2) is 10.8. The summed E-state index contributed by atoms with van der Waals surface area (Å²) in [5.41, 5.74) is -3.23. The predicted octanol–water partition coefficient (Wildman–Crippen LogP) is 5.10. The molecule has 0 unspecified atom stereocenters. The Labute approximate surface area is 213 Å². The first-order chi connectivity index (χ1) is 20.6. The van der Waals surface area contributed by atoms with Gasteiger partial charge in [-0.2, -0.15) is 5.26 Å². The molecule has 9 heteroatoms. The zero-order valence-corrected chi connectivity index (χ0v) is 18.0. The molecular weight excluding hydrogens is 445 g/mol. The first-order valence-corrected chi connectivity index (χ1v) is 9.43. The van der Waals surface area contributed by atoms with Crippen LogP contribution in [0.2, 0.25) is 5.02 Å². The largest absolute Gasteiger partial charge is 0.492 e. The van der Waals surface area contributed by atoms with Crippen LogP contribution in [0.3, 0.4) is 0 Å². The van der Waals surface area contributed by atoms with Crippen LogP contribution >= 0.6 is 11.6 Å². The van der Waals surface area contributed by atoms with Gasteiger partial charge in [0.2, 0.25) is 5.91 Å². The Hall–Kier alpha value is -3.67. The highest BCUT2D eigenvalue weighted by molar-refractivity contribution is 6.31. The fourth-order valence-electron chi connectivity index (χ4n) is 2.49. The summed E-state index contributed by atoms with van der Waals surface area (Å²) in [7, 11) is 3.25. The summed E-state index contributed by atoms with van der Waals surface area (Å²) in [6, 6.07) is -3.11. The number of hydrogen-bond acceptors (Lipinski definition) is 6. The molecule has 0 spiro atoms. The second-order valence-electron chi connectivity index (χ2n) is 6.55. The van der Waals surface area contributed by atoms with Gasteiger partial charge in [0, 0.05) is 40.0 Å². The number of benzene rings is 2. The molecular formula is C24H23ClFN5O2. The maximum atomic E-state index is 14.3. The first kappa shape index (κ1) is 12.5. The standard InChI is InChI=1S/C24H23ClFN5O2/c1-4-33-22-12-20-17(11-21(22)30-23(32)6-5-9-31(2)3)24(15(13-27)14-28-20)29-16-7-8-19(26)18(25)10-16/h5-8,10-12,14H,4,9H2,1-3H3,(H,28,29)(H,30,32)/b6-5+/i1D3,4D2,5D,7D,8D,10D,11D,12D,14D. The van der Waals surface area contributed by atoms with Gasteiger partial charge in [-0.1, -0.05) is 17.7 Å². The summed E-state index contributed by atoms with van der Waals surface area (Å²) in [5, 5.41) is 13.1. The number of pyridine rings is 1. The molecule has 0 fully saturated rings. The minimum atomic E-state index is -3.49. The lowest BCUT2D eigenvalue weighted by molar-refractivity contribution is -0.111. The van der Waals surface area contributed by atoms with Gasteiger partial charge in [0.05, 0.1) is 46.4 Å². The summed E-state index contributed by atoms with van der Waals surface area (Å²) in [4.78, 5) is 18.3. The van der Waals surface area contributed by atoms with E-state index in [0.29, 0.717) is 0 Å².